The lowest BCUT2D eigenvalue weighted by molar-refractivity contribution is 0.499. The van der Waals surface area contributed by atoms with Crippen LogP contribution in [0.3, 0.4) is 0 Å². The molecule has 0 unspecified atom stereocenters. The average Bonchev–Trinajstić information content (AvgIpc) is 3.28. The predicted octanol–water partition coefficient (Wildman–Crippen LogP) is 3.63. The highest BCUT2D eigenvalue weighted by Gasteiger charge is 2.23. The molecule has 4 rings (SSSR count). The van der Waals surface area contributed by atoms with Crippen molar-refractivity contribution in [2.45, 2.75) is 24.5 Å². The molecule has 1 N–H and O–H groups in total. The third kappa shape index (κ3) is 3.18. The average molecular weight is 361 g/mol. The molecule has 1 aliphatic heterocycles. The molecule has 1 saturated heterocycles. The number of nitrogens with one attached hydrogen (secondary N) is 1. The van der Waals surface area contributed by atoms with Crippen LogP contribution in [0.2, 0.25) is 0 Å². The van der Waals surface area contributed by atoms with Crippen molar-refractivity contribution in [3.05, 3.63) is 53.6 Å². The van der Waals surface area contributed by atoms with E-state index in [1.54, 1.807) is 12.3 Å². The molecule has 3 aromatic rings. The number of hydrogen-bond acceptors (Lipinski definition) is 5. The molecule has 130 valence electrons. The van der Waals surface area contributed by atoms with E-state index < -0.39 is 11.6 Å². The van der Waals surface area contributed by atoms with E-state index in [0.717, 1.165) is 24.1 Å². The van der Waals surface area contributed by atoms with E-state index in [9.17, 15) is 8.78 Å². The number of anilines is 1. The minimum Gasteiger partial charge on any atom is -0.367 e. The van der Waals surface area contributed by atoms with E-state index in [-0.39, 0.29) is 0 Å². The second kappa shape index (κ2) is 6.95. The van der Waals surface area contributed by atoms with Crippen LogP contribution in [0, 0.1) is 11.6 Å². The van der Waals surface area contributed by atoms with Crippen molar-refractivity contribution in [1.29, 1.82) is 0 Å². The Morgan fingerprint density at radius 3 is 3.04 bits per heavy atom. The lowest BCUT2D eigenvalue weighted by atomic mass is 10.1. The maximum atomic E-state index is 13.7. The van der Waals surface area contributed by atoms with Crippen molar-refractivity contribution in [2.75, 3.05) is 17.6 Å². The lowest BCUT2D eigenvalue weighted by Gasteiger charge is -2.09. The second-order valence-corrected chi connectivity index (χ2v) is 7.23. The first-order valence-corrected chi connectivity index (χ1v) is 9.27. The number of aromatic nitrogens is 4. The van der Waals surface area contributed by atoms with Gasteiger partial charge in [0.25, 0.3) is 0 Å². The van der Waals surface area contributed by atoms with Crippen LogP contribution in [-0.4, -0.2) is 31.9 Å². The molecule has 0 spiro atoms. The van der Waals surface area contributed by atoms with E-state index in [0.29, 0.717) is 35.2 Å². The summed E-state index contributed by atoms with van der Waals surface area (Å²) in [7, 11) is 0. The number of thioether (sulfide) groups is 1. The van der Waals surface area contributed by atoms with Crippen LogP contribution in [0.25, 0.3) is 5.65 Å². The molecule has 1 fully saturated rings. The van der Waals surface area contributed by atoms with Crippen molar-refractivity contribution < 1.29 is 8.78 Å². The van der Waals surface area contributed by atoms with Crippen LogP contribution in [0.1, 0.15) is 29.5 Å². The Kier molecular flexibility index (Phi) is 4.52. The second-order valence-electron chi connectivity index (χ2n) is 5.92. The highest BCUT2D eigenvalue weighted by atomic mass is 32.2. The first kappa shape index (κ1) is 16.3. The van der Waals surface area contributed by atoms with Crippen LogP contribution in [0.5, 0.6) is 0 Å². The summed E-state index contributed by atoms with van der Waals surface area (Å²) in [4.78, 5) is 4.31. The number of halogens is 2. The number of benzene rings is 1. The molecule has 5 nitrogen and oxygen atoms in total. The van der Waals surface area contributed by atoms with Gasteiger partial charge in [0.15, 0.2) is 23.3 Å². The quantitative estimate of drug-likeness (QED) is 0.752. The van der Waals surface area contributed by atoms with Gasteiger partial charge in [-0.25, -0.2) is 13.8 Å². The molecule has 3 heterocycles. The summed E-state index contributed by atoms with van der Waals surface area (Å²) >= 11 is 1.90. The number of nitrogens with zero attached hydrogens (tertiary/aromatic N) is 4. The zero-order valence-electron chi connectivity index (χ0n) is 13.5. The van der Waals surface area contributed by atoms with Crippen molar-refractivity contribution in [2.24, 2.45) is 0 Å². The minimum absolute atomic E-state index is 0.337. The van der Waals surface area contributed by atoms with Gasteiger partial charge in [-0.2, -0.15) is 11.8 Å². The van der Waals surface area contributed by atoms with Crippen molar-refractivity contribution in [1.82, 2.24) is 19.6 Å². The van der Waals surface area contributed by atoms with Gasteiger partial charge in [0.1, 0.15) is 0 Å². The van der Waals surface area contributed by atoms with Crippen LogP contribution < -0.4 is 5.32 Å². The SMILES string of the molecule is Fc1cccc(CCNc2nccn3c([C@@H]4CCCS4)nnc23)c1F. The summed E-state index contributed by atoms with van der Waals surface area (Å²) in [6, 6.07) is 4.21. The van der Waals surface area contributed by atoms with E-state index in [2.05, 4.69) is 20.5 Å². The van der Waals surface area contributed by atoms with E-state index in [1.807, 2.05) is 22.4 Å². The van der Waals surface area contributed by atoms with Crippen LogP contribution in [-0.2, 0) is 6.42 Å². The Morgan fingerprint density at radius 1 is 1.28 bits per heavy atom. The largest absolute Gasteiger partial charge is 0.367 e. The molecule has 25 heavy (non-hydrogen) atoms. The zero-order valence-corrected chi connectivity index (χ0v) is 14.3. The highest BCUT2D eigenvalue weighted by molar-refractivity contribution is 7.99. The normalized spacial score (nSPS) is 17.3. The molecule has 1 aromatic carbocycles. The smallest absolute Gasteiger partial charge is 0.203 e. The van der Waals surface area contributed by atoms with Gasteiger partial charge in [0.2, 0.25) is 5.65 Å². The number of fused-ring (bicyclic) bond motifs is 1. The Morgan fingerprint density at radius 2 is 2.20 bits per heavy atom. The third-order valence-corrected chi connectivity index (χ3v) is 5.66. The maximum absolute atomic E-state index is 13.7. The third-order valence-electron chi connectivity index (χ3n) is 4.29. The van der Waals surface area contributed by atoms with Gasteiger partial charge in [-0.05, 0) is 36.6 Å². The molecule has 0 bridgehead atoms. The van der Waals surface area contributed by atoms with E-state index in [4.69, 9.17) is 0 Å². The first-order chi connectivity index (χ1) is 12.2. The molecule has 0 radical (unpaired) electrons. The summed E-state index contributed by atoms with van der Waals surface area (Å²) in [6.45, 7) is 0.424. The van der Waals surface area contributed by atoms with Gasteiger partial charge >= 0.3 is 0 Å². The standard InChI is InChI=1S/C17H17F2N5S/c18-12-4-1-3-11(14(12)19)6-7-20-15-17-23-22-16(13-5-2-10-25-13)24(17)9-8-21-15/h1,3-4,8-9,13H,2,5-7,10H2,(H,20,21)/t13-/m0/s1. The summed E-state index contributed by atoms with van der Waals surface area (Å²) < 4.78 is 28.9. The Balaban J connectivity index is 1.51. The zero-order chi connectivity index (χ0) is 17.2. The van der Waals surface area contributed by atoms with Crippen molar-refractivity contribution in [3.8, 4) is 0 Å². The van der Waals surface area contributed by atoms with Gasteiger partial charge in [-0.3, -0.25) is 4.40 Å². The topological polar surface area (TPSA) is 55.1 Å². The summed E-state index contributed by atoms with van der Waals surface area (Å²) in [6.07, 6.45) is 6.21. The van der Waals surface area contributed by atoms with E-state index >= 15 is 0 Å². The molecule has 0 amide bonds. The molecule has 1 aliphatic rings. The van der Waals surface area contributed by atoms with Gasteiger partial charge in [-0.15, -0.1) is 10.2 Å². The summed E-state index contributed by atoms with van der Waals surface area (Å²) in [5, 5.41) is 12.1. The monoisotopic (exact) mass is 361 g/mol. The predicted molar refractivity (Wildman–Crippen MR) is 93.8 cm³/mol. The fourth-order valence-corrected chi connectivity index (χ4v) is 4.29. The molecule has 8 heteroatoms. The van der Waals surface area contributed by atoms with Crippen LogP contribution >= 0.6 is 11.8 Å². The van der Waals surface area contributed by atoms with Crippen LogP contribution in [0.4, 0.5) is 14.6 Å². The van der Waals surface area contributed by atoms with Gasteiger partial charge in [0, 0.05) is 18.9 Å². The van der Waals surface area contributed by atoms with Crippen molar-refractivity contribution >= 4 is 23.2 Å². The Hall–Kier alpha value is -2.22. The summed E-state index contributed by atoms with van der Waals surface area (Å²) in [5.74, 6) is 1.07. The fraction of sp³-hybridized carbons (Fsp3) is 0.353. The number of hydrogen-bond donors (Lipinski definition) is 1. The Bertz CT molecular complexity index is 892. The molecule has 2 aromatic heterocycles. The van der Waals surface area contributed by atoms with Crippen LogP contribution in [0.15, 0.2) is 30.6 Å². The van der Waals surface area contributed by atoms with Crippen molar-refractivity contribution in [3.63, 3.8) is 0 Å². The molecule has 1 atom stereocenters. The van der Waals surface area contributed by atoms with E-state index in [1.165, 1.54) is 12.5 Å². The van der Waals surface area contributed by atoms with Gasteiger partial charge < -0.3 is 5.32 Å². The number of rotatable bonds is 5. The molecule has 0 aliphatic carbocycles. The highest BCUT2D eigenvalue weighted by Crippen LogP contribution is 2.39. The maximum Gasteiger partial charge on any atom is 0.203 e. The fourth-order valence-electron chi connectivity index (χ4n) is 3.03. The Labute approximate surface area is 147 Å². The lowest BCUT2D eigenvalue weighted by Crippen LogP contribution is -2.09. The summed E-state index contributed by atoms with van der Waals surface area (Å²) in [5.41, 5.74) is 0.994. The molecular formula is C17H17F2N5S. The minimum atomic E-state index is -0.825. The molecular weight excluding hydrogens is 344 g/mol. The molecule has 0 saturated carbocycles. The van der Waals surface area contributed by atoms with Gasteiger partial charge in [-0.1, -0.05) is 12.1 Å². The van der Waals surface area contributed by atoms with Gasteiger partial charge in [0.05, 0.1) is 5.25 Å². The first-order valence-electron chi connectivity index (χ1n) is 8.22.